The maximum atomic E-state index is 16.0. The van der Waals surface area contributed by atoms with E-state index in [-0.39, 0.29) is 55.1 Å². The molecule has 1 saturated heterocycles. The van der Waals surface area contributed by atoms with Crippen LogP contribution in [-0.4, -0.2) is 86.0 Å². The van der Waals surface area contributed by atoms with Gasteiger partial charge in [-0.2, -0.15) is 0 Å². The third-order valence-corrected chi connectivity index (χ3v) is 13.9. The number of fused-ring (bicyclic) bond motifs is 2. The van der Waals surface area contributed by atoms with Gasteiger partial charge in [-0.3, -0.25) is 14.5 Å². The van der Waals surface area contributed by atoms with Crippen LogP contribution < -0.4 is 15.0 Å². The second-order valence-electron chi connectivity index (χ2n) is 15.4. The summed E-state index contributed by atoms with van der Waals surface area (Å²) in [5.41, 5.74) is 5.66. The number of carbonyl (C=O) groups is 2. The molecule has 3 aliphatic heterocycles. The molecule has 11 heteroatoms. The molecule has 0 aromatic heterocycles. The van der Waals surface area contributed by atoms with Gasteiger partial charge >= 0.3 is 0 Å². The summed E-state index contributed by atoms with van der Waals surface area (Å²) in [6.07, 6.45) is 3.43. The van der Waals surface area contributed by atoms with Gasteiger partial charge in [0.2, 0.25) is 20.2 Å². The Kier molecular flexibility index (Phi) is 12.7. The van der Waals surface area contributed by atoms with Gasteiger partial charge in [0.1, 0.15) is 5.75 Å². The Hall–Kier alpha value is -3.61. The first kappa shape index (κ1) is 39.1. The molecule has 3 aliphatic rings. The molecule has 286 valence electrons. The first-order chi connectivity index (χ1) is 25.5. The minimum Gasteiger partial charge on any atom is -0.494 e. The summed E-state index contributed by atoms with van der Waals surface area (Å²) in [5.74, 6) is 0.619. The third-order valence-electron chi connectivity index (χ3n) is 11.4. The summed E-state index contributed by atoms with van der Waals surface area (Å²) >= 11 is 0. The van der Waals surface area contributed by atoms with Gasteiger partial charge < -0.3 is 34.0 Å². The number of aliphatic hydroxyl groups is 2. The van der Waals surface area contributed by atoms with E-state index in [9.17, 15) is 19.8 Å². The molecule has 1 unspecified atom stereocenters. The fourth-order valence-corrected chi connectivity index (χ4v) is 11.3. The lowest BCUT2D eigenvalue weighted by Crippen LogP contribution is -2.49. The van der Waals surface area contributed by atoms with Crippen molar-refractivity contribution >= 4 is 31.6 Å². The van der Waals surface area contributed by atoms with Crippen LogP contribution in [0.2, 0.25) is 18.6 Å². The molecule has 3 aromatic rings. The topological polar surface area (TPSA) is 112 Å². The van der Waals surface area contributed by atoms with Crippen LogP contribution in [0.3, 0.4) is 0 Å². The maximum absolute atomic E-state index is 16.0. The Morgan fingerprint density at radius 1 is 1.00 bits per heavy atom. The predicted molar refractivity (Wildman–Crippen MR) is 208 cm³/mol. The number of hydrogen-bond donors (Lipinski definition) is 3. The van der Waals surface area contributed by atoms with Crippen LogP contribution in [0.25, 0.3) is 0 Å². The van der Waals surface area contributed by atoms with Crippen molar-refractivity contribution in [3.8, 4) is 5.75 Å². The number of carbonyl (C=O) groups excluding carboxylic acids is 2. The van der Waals surface area contributed by atoms with Crippen LogP contribution in [0, 0.1) is 5.92 Å². The molecular formula is C42H56FN3O6Si. The highest BCUT2D eigenvalue weighted by Crippen LogP contribution is 2.47. The highest BCUT2D eigenvalue weighted by Gasteiger charge is 2.52. The van der Waals surface area contributed by atoms with Crippen LogP contribution in [0.15, 0.2) is 66.7 Å². The molecule has 0 aliphatic carbocycles. The number of aryl methyl sites for hydroxylation is 1. The molecule has 0 spiro atoms. The van der Waals surface area contributed by atoms with E-state index in [0.717, 1.165) is 45.8 Å². The molecule has 0 radical (unpaired) electrons. The minimum atomic E-state index is -3.20. The van der Waals surface area contributed by atoms with Gasteiger partial charge in [0.15, 0.2) is 0 Å². The van der Waals surface area contributed by atoms with Crippen molar-refractivity contribution in [1.29, 1.82) is 0 Å². The molecule has 53 heavy (non-hydrogen) atoms. The monoisotopic (exact) mass is 745 g/mol. The normalized spacial score (nSPS) is 24.2. The van der Waals surface area contributed by atoms with E-state index in [4.69, 9.17) is 9.47 Å². The van der Waals surface area contributed by atoms with E-state index in [0.29, 0.717) is 51.8 Å². The van der Waals surface area contributed by atoms with E-state index in [1.165, 1.54) is 0 Å². The zero-order chi connectivity index (χ0) is 37.7. The van der Waals surface area contributed by atoms with Gasteiger partial charge in [0, 0.05) is 24.4 Å². The molecule has 6 atom stereocenters. The molecular weight excluding hydrogens is 690 g/mol. The number of benzene rings is 3. The van der Waals surface area contributed by atoms with Crippen molar-refractivity contribution in [2.24, 2.45) is 5.92 Å². The van der Waals surface area contributed by atoms with Gasteiger partial charge in [-0.1, -0.05) is 43.3 Å². The van der Waals surface area contributed by atoms with Crippen molar-refractivity contribution in [3.05, 3.63) is 89.0 Å². The number of unbranched alkanes of at least 4 members (excludes halogenated alkanes) is 1. The van der Waals surface area contributed by atoms with Crippen molar-refractivity contribution < 1.29 is 33.4 Å². The second-order valence-corrected chi connectivity index (χ2v) is 19.2. The average molecular weight is 746 g/mol. The Morgan fingerprint density at radius 3 is 2.45 bits per heavy atom. The summed E-state index contributed by atoms with van der Waals surface area (Å²) in [5, 5.41) is 22.8. The van der Waals surface area contributed by atoms with Gasteiger partial charge in [0.25, 0.3) is 0 Å². The second kappa shape index (κ2) is 17.2. The standard InChI is InChI=1S/C42H56FN3O6Si/c1-5-51-35-17-18-37-32(23-35)24-36(44-20-8-9-21-47)42(50)46(37)33-15-12-29(13-16-33)14-19-38-28(2)41(53(3,4)43)39(52-38)25-40(49)45-26-31-11-7-6-10-30(31)22-34(45)27-48/h6-7,10-13,15-18,23,28,34,36,38-39,41,44,47-48H,5,8-9,14,19-22,24-27H2,1-4H3/t28-,34+,36?,38+,39-,41+/m1/s1. The number of nitrogens with one attached hydrogen (secondary N) is 1. The highest BCUT2D eigenvalue weighted by atomic mass is 28.4. The molecule has 0 bridgehead atoms. The Bertz CT molecular complexity index is 1720. The van der Waals surface area contributed by atoms with Crippen LogP contribution >= 0.6 is 0 Å². The maximum Gasteiger partial charge on any atom is 0.249 e. The Labute approximate surface area is 314 Å². The van der Waals surface area contributed by atoms with Crippen molar-refractivity contribution in [2.75, 3.05) is 31.3 Å². The fraction of sp³-hybridized carbons (Fsp3) is 0.524. The smallest absolute Gasteiger partial charge is 0.249 e. The lowest BCUT2D eigenvalue weighted by Gasteiger charge is -2.37. The molecule has 9 nitrogen and oxygen atoms in total. The first-order valence-corrected chi connectivity index (χ1v) is 22.3. The number of ether oxygens (including phenoxy) is 2. The Morgan fingerprint density at radius 2 is 1.75 bits per heavy atom. The van der Waals surface area contributed by atoms with Crippen LogP contribution in [0.5, 0.6) is 5.75 Å². The largest absolute Gasteiger partial charge is 0.494 e. The lowest BCUT2D eigenvalue weighted by molar-refractivity contribution is -0.138. The van der Waals surface area contributed by atoms with Crippen molar-refractivity contribution in [3.63, 3.8) is 0 Å². The van der Waals surface area contributed by atoms with Gasteiger partial charge in [-0.15, -0.1) is 0 Å². The molecule has 3 heterocycles. The van der Waals surface area contributed by atoms with Gasteiger partial charge in [0.05, 0.1) is 49.6 Å². The average Bonchev–Trinajstić information content (AvgIpc) is 3.47. The number of nitrogens with zero attached hydrogens (tertiary/aromatic N) is 2. The van der Waals surface area contributed by atoms with E-state index in [1.54, 1.807) is 22.9 Å². The van der Waals surface area contributed by atoms with E-state index in [1.807, 2.05) is 67.6 Å². The van der Waals surface area contributed by atoms with Crippen LogP contribution in [0.1, 0.15) is 61.8 Å². The lowest BCUT2D eigenvalue weighted by atomic mass is 9.93. The van der Waals surface area contributed by atoms with Gasteiger partial charge in [-0.05, 0) is 124 Å². The zero-order valence-electron chi connectivity index (χ0n) is 31.6. The summed E-state index contributed by atoms with van der Waals surface area (Å²) in [6.45, 7) is 9.10. The summed E-state index contributed by atoms with van der Waals surface area (Å²) in [7, 11) is -3.20. The first-order valence-electron chi connectivity index (χ1n) is 19.4. The molecule has 6 rings (SSSR count). The number of rotatable bonds is 15. The quantitative estimate of drug-likeness (QED) is 0.0959. The summed E-state index contributed by atoms with van der Waals surface area (Å²) < 4.78 is 28.3. The zero-order valence-corrected chi connectivity index (χ0v) is 32.6. The fourth-order valence-electron chi connectivity index (χ4n) is 8.75. The molecule has 3 N–H and O–H groups in total. The third kappa shape index (κ3) is 8.86. The molecule has 3 aromatic carbocycles. The molecule has 0 saturated carbocycles. The number of hydrogen-bond acceptors (Lipinski definition) is 7. The number of aliphatic hydroxyl groups excluding tert-OH is 2. The predicted octanol–water partition coefficient (Wildman–Crippen LogP) is 6.25. The van der Waals surface area contributed by atoms with Crippen molar-refractivity contribution in [1.82, 2.24) is 10.2 Å². The van der Waals surface area contributed by atoms with Gasteiger partial charge in [-0.25, -0.2) is 0 Å². The van der Waals surface area contributed by atoms with Crippen LogP contribution in [-0.2, 0) is 40.1 Å². The molecule has 2 amide bonds. The van der Waals surface area contributed by atoms with E-state index < -0.39 is 20.6 Å². The SMILES string of the molecule is CCOc1ccc2c(c1)CC(NCCCCO)C(=O)N2c1ccc(CC[C@@H]2O[C@H](CC(=O)N3Cc4ccccc4C[C@H]3CO)[C@@H]([Si](C)(C)F)[C@@H]2C)cc1. The van der Waals surface area contributed by atoms with E-state index >= 15 is 4.11 Å². The summed E-state index contributed by atoms with van der Waals surface area (Å²) in [6, 6.07) is 21.3. The Balaban J connectivity index is 1.13. The number of amides is 2. The van der Waals surface area contributed by atoms with Crippen LogP contribution in [0.4, 0.5) is 15.5 Å². The molecule has 1 fully saturated rings. The minimum absolute atomic E-state index is 0.0182. The number of anilines is 2. The highest BCUT2D eigenvalue weighted by molar-refractivity contribution is 6.72. The summed E-state index contributed by atoms with van der Waals surface area (Å²) in [4.78, 5) is 31.2. The number of halogens is 1. The van der Waals surface area contributed by atoms with E-state index in [2.05, 4.69) is 18.3 Å². The van der Waals surface area contributed by atoms with Crippen molar-refractivity contribution in [2.45, 2.75) is 108 Å².